The van der Waals surface area contributed by atoms with E-state index in [1.807, 2.05) is 53.5 Å². The van der Waals surface area contributed by atoms with Crippen molar-refractivity contribution in [3.05, 3.63) is 60.4 Å². The van der Waals surface area contributed by atoms with Crippen LogP contribution in [0.4, 0.5) is 5.69 Å². The maximum absolute atomic E-state index is 5.18. The third-order valence-corrected chi connectivity index (χ3v) is 2.96. The molecule has 5 heteroatoms. The summed E-state index contributed by atoms with van der Waals surface area (Å²) in [7, 11) is 0. The molecule has 0 spiro atoms. The van der Waals surface area contributed by atoms with Crippen LogP contribution in [-0.2, 0) is 0 Å². The molecule has 1 aliphatic rings. The van der Waals surface area contributed by atoms with E-state index in [-0.39, 0.29) is 6.17 Å². The largest absolute Gasteiger partial charge is 0.335 e. The summed E-state index contributed by atoms with van der Waals surface area (Å²) in [4.78, 5) is 4.37. The fraction of sp³-hybridized carbons (Fsp3) is 0.0769. The second-order valence-electron chi connectivity index (χ2n) is 3.95. The predicted octanol–water partition coefficient (Wildman–Crippen LogP) is 1.98. The number of nitrogens with one attached hydrogen (secondary N) is 2. The first-order valence-electron chi connectivity index (χ1n) is 5.67. The Morgan fingerprint density at radius 3 is 2.56 bits per heavy atom. The first-order valence-corrected chi connectivity index (χ1v) is 6.08. The summed E-state index contributed by atoms with van der Waals surface area (Å²) in [5.41, 5.74) is 5.10. The lowest BCUT2D eigenvalue weighted by Crippen LogP contribution is -2.34. The van der Waals surface area contributed by atoms with Gasteiger partial charge in [-0.05, 0) is 36.5 Å². The molecule has 0 saturated carbocycles. The Labute approximate surface area is 111 Å². The summed E-state index contributed by atoms with van der Waals surface area (Å²) in [6, 6.07) is 15.9. The van der Waals surface area contributed by atoms with Crippen LogP contribution >= 0.6 is 12.2 Å². The number of rotatable bonds is 2. The molecule has 2 N–H and O–H groups in total. The summed E-state index contributed by atoms with van der Waals surface area (Å²) in [5.74, 6) is 0. The summed E-state index contributed by atoms with van der Waals surface area (Å²) in [5, 5.41) is 5.79. The van der Waals surface area contributed by atoms with E-state index in [9.17, 15) is 0 Å². The molecule has 0 unspecified atom stereocenters. The second-order valence-corrected chi connectivity index (χ2v) is 4.36. The number of pyridine rings is 1. The van der Waals surface area contributed by atoms with Crippen LogP contribution in [0.15, 0.2) is 54.7 Å². The number of nitrogens with zero attached hydrogens (tertiary/aromatic N) is 2. The van der Waals surface area contributed by atoms with Gasteiger partial charge in [0, 0.05) is 6.20 Å². The van der Waals surface area contributed by atoms with Gasteiger partial charge in [-0.1, -0.05) is 24.3 Å². The van der Waals surface area contributed by atoms with Crippen LogP contribution in [0.5, 0.6) is 0 Å². The van der Waals surface area contributed by atoms with Gasteiger partial charge in [-0.3, -0.25) is 15.4 Å². The fourth-order valence-corrected chi connectivity index (χ4v) is 2.15. The molecule has 0 bridgehead atoms. The van der Waals surface area contributed by atoms with Crippen LogP contribution in [-0.4, -0.2) is 10.1 Å². The number of hydrogen-bond acceptors (Lipinski definition) is 3. The van der Waals surface area contributed by atoms with Crippen LogP contribution < -0.4 is 15.8 Å². The monoisotopic (exact) mass is 256 g/mol. The van der Waals surface area contributed by atoms with Crippen molar-refractivity contribution < 1.29 is 0 Å². The molecule has 0 aliphatic carbocycles. The topological polar surface area (TPSA) is 40.2 Å². The van der Waals surface area contributed by atoms with Gasteiger partial charge >= 0.3 is 0 Å². The third-order valence-electron chi connectivity index (χ3n) is 2.75. The van der Waals surface area contributed by atoms with Crippen LogP contribution in [0.3, 0.4) is 0 Å². The molecule has 3 rings (SSSR count). The lowest BCUT2D eigenvalue weighted by Gasteiger charge is -2.24. The number of aromatic nitrogens is 1. The van der Waals surface area contributed by atoms with Crippen LogP contribution in [0.25, 0.3) is 0 Å². The molecule has 2 heterocycles. The van der Waals surface area contributed by atoms with Crippen molar-refractivity contribution in [1.82, 2.24) is 15.7 Å². The van der Waals surface area contributed by atoms with Crippen LogP contribution in [0.1, 0.15) is 11.9 Å². The molecule has 18 heavy (non-hydrogen) atoms. The van der Waals surface area contributed by atoms with Gasteiger partial charge in [0.25, 0.3) is 0 Å². The molecule has 1 aliphatic heterocycles. The van der Waals surface area contributed by atoms with Gasteiger partial charge in [0.05, 0.1) is 11.4 Å². The molecule has 1 saturated heterocycles. The van der Waals surface area contributed by atoms with Gasteiger partial charge in [-0.25, -0.2) is 0 Å². The van der Waals surface area contributed by atoms with E-state index in [1.165, 1.54) is 0 Å². The number of benzene rings is 1. The van der Waals surface area contributed by atoms with E-state index >= 15 is 0 Å². The normalized spacial score (nSPS) is 18.3. The van der Waals surface area contributed by atoms with Gasteiger partial charge in [0.15, 0.2) is 11.3 Å². The van der Waals surface area contributed by atoms with Gasteiger partial charge in [0.2, 0.25) is 0 Å². The second kappa shape index (κ2) is 4.62. The third kappa shape index (κ3) is 2.00. The summed E-state index contributed by atoms with van der Waals surface area (Å²) >= 11 is 5.18. The zero-order valence-corrected chi connectivity index (χ0v) is 10.4. The Hall–Kier alpha value is -2.14. The smallest absolute Gasteiger partial charge is 0.187 e. The molecule has 0 amide bonds. The van der Waals surface area contributed by atoms with Gasteiger partial charge in [0.1, 0.15) is 0 Å². The van der Waals surface area contributed by atoms with E-state index in [1.54, 1.807) is 6.20 Å². The number of hydrazine groups is 1. The predicted molar refractivity (Wildman–Crippen MR) is 74.8 cm³/mol. The fourth-order valence-electron chi connectivity index (χ4n) is 1.94. The highest BCUT2D eigenvalue weighted by molar-refractivity contribution is 7.80. The Bertz CT molecular complexity index is 494. The SMILES string of the molecule is S=C1N[C@H](c2ccccn2)N(c2ccccc2)N1. The van der Waals surface area contributed by atoms with E-state index < -0.39 is 0 Å². The van der Waals surface area contributed by atoms with E-state index in [0.29, 0.717) is 5.11 Å². The van der Waals surface area contributed by atoms with Crippen molar-refractivity contribution in [3.63, 3.8) is 0 Å². The quantitative estimate of drug-likeness (QED) is 0.804. The average Bonchev–Trinajstić information content (AvgIpc) is 2.83. The minimum absolute atomic E-state index is 0.0823. The minimum atomic E-state index is -0.0823. The number of anilines is 1. The molecule has 1 fully saturated rings. The molecule has 0 radical (unpaired) electrons. The highest BCUT2D eigenvalue weighted by atomic mass is 32.1. The summed E-state index contributed by atoms with van der Waals surface area (Å²) in [6.45, 7) is 0. The standard InChI is InChI=1S/C13H12N4S/c18-13-15-12(11-8-4-5-9-14-11)17(16-13)10-6-2-1-3-7-10/h1-9,12H,(H2,15,16,18)/t12-/m0/s1. The molecular weight excluding hydrogens is 244 g/mol. The van der Waals surface area contributed by atoms with Crippen LogP contribution in [0.2, 0.25) is 0 Å². The lowest BCUT2D eigenvalue weighted by atomic mass is 10.2. The maximum atomic E-state index is 5.18. The number of thiocarbonyl (C=S) groups is 1. The lowest BCUT2D eigenvalue weighted by molar-refractivity contribution is 0.625. The number of hydrogen-bond donors (Lipinski definition) is 2. The molecule has 1 atom stereocenters. The Morgan fingerprint density at radius 2 is 1.83 bits per heavy atom. The Kier molecular flexibility index (Phi) is 2.82. The highest BCUT2D eigenvalue weighted by Gasteiger charge is 2.29. The van der Waals surface area contributed by atoms with Crippen molar-refractivity contribution in [3.8, 4) is 0 Å². The van der Waals surface area contributed by atoms with Crippen molar-refractivity contribution in [2.75, 3.05) is 5.01 Å². The first kappa shape index (κ1) is 11.0. The first-order chi connectivity index (χ1) is 8.84. The average molecular weight is 256 g/mol. The zero-order valence-electron chi connectivity index (χ0n) is 9.58. The van der Waals surface area contributed by atoms with Gasteiger partial charge in [-0.15, -0.1) is 0 Å². The van der Waals surface area contributed by atoms with E-state index in [2.05, 4.69) is 15.7 Å². The molecule has 1 aromatic carbocycles. The van der Waals surface area contributed by atoms with Gasteiger partial charge < -0.3 is 5.32 Å². The highest BCUT2D eigenvalue weighted by Crippen LogP contribution is 2.24. The van der Waals surface area contributed by atoms with Crippen molar-refractivity contribution in [2.24, 2.45) is 0 Å². The van der Waals surface area contributed by atoms with Crippen LogP contribution in [0, 0.1) is 0 Å². The molecule has 90 valence electrons. The maximum Gasteiger partial charge on any atom is 0.187 e. The molecule has 1 aromatic heterocycles. The zero-order chi connectivity index (χ0) is 12.4. The van der Waals surface area contributed by atoms with Crippen molar-refractivity contribution in [2.45, 2.75) is 6.17 Å². The summed E-state index contributed by atoms with van der Waals surface area (Å²) in [6.07, 6.45) is 1.70. The molecule has 4 nitrogen and oxygen atoms in total. The van der Waals surface area contributed by atoms with E-state index in [4.69, 9.17) is 12.2 Å². The molecular formula is C13H12N4S. The van der Waals surface area contributed by atoms with E-state index in [0.717, 1.165) is 11.4 Å². The molecule has 2 aromatic rings. The number of para-hydroxylation sites is 1. The Balaban J connectivity index is 1.96. The Morgan fingerprint density at radius 1 is 1.06 bits per heavy atom. The minimum Gasteiger partial charge on any atom is -0.335 e. The van der Waals surface area contributed by atoms with Crippen molar-refractivity contribution in [1.29, 1.82) is 0 Å². The summed E-state index contributed by atoms with van der Waals surface area (Å²) < 4.78 is 0. The van der Waals surface area contributed by atoms with Gasteiger partial charge in [-0.2, -0.15) is 0 Å². The van der Waals surface area contributed by atoms with Crippen molar-refractivity contribution >= 4 is 23.0 Å².